The summed E-state index contributed by atoms with van der Waals surface area (Å²) in [4.78, 5) is 27.8. The summed E-state index contributed by atoms with van der Waals surface area (Å²) in [6.07, 6.45) is 2.07. The summed E-state index contributed by atoms with van der Waals surface area (Å²) < 4.78 is 5.13. The van der Waals surface area contributed by atoms with Gasteiger partial charge in [-0.15, -0.1) is 0 Å². The molecule has 1 aromatic heterocycles. The number of rotatable bonds is 4. The first kappa shape index (κ1) is 15.7. The van der Waals surface area contributed by atoms with Crippen LogP contribution in [0.3, 0.4) is 0 Å². The van der Waals surface area contributed by atoms with Gasteiger partial charge in [-0.1, -0.05) is 6.07 Å². The van der Waals surface area contributed by atoms with E-state index in [-0.39, 0.29) is 5.91 Å². The van der Waals surface area contributed by atoms with Crippen molar-refractivity contribution in [3.8, 4) is 0 Å². The SMILES string of the molecule is Cc1ccc(NC(=O)C(C)OC(=O)c2cccnc2)cc1C. The van der Waals surface area contributed by atoms with Crippen molar-refractivity contribution in [2.75, 3.05) is 5.32 Å². The summed E-state index contributed by atoms with van der Waals surface area (Å²) >= 11 is 0. The van der Waals surface area contributed by atoms with Gasteiger partial charge in [0.25, 0.3) is 5.91 Å². The normalized spacial score (nSPS) is 11.6. The second kappa shape index (κ2) is 6.85. The van der Waals surface area contributed by atoms with E-state index in [9.17, 15) is 9.59 Å². The van der Waals surface area contributed by atoms with Crippen LogP contribution in [0.4, 0.5) is 5.69 Å². The van der Waals surface area contributed by atoms with Crippen LogP contribution >= 0.6 is 0 Å². The molecule has 0 radical (unpaired) electrons. The van der Waals surface area contributed by atoms with Crippen LogP contribution < -0.4 is 5.32 Å². The zero-order valence-corrected chi connectivity index (χ0v) is 12.8. The van der Waals surface area contributed by atoms with E-state index in [1.807, 2.05) is 32.0 Å². The third-order valence-corrected chi connectivity index (χ3v) is 3.32. The van der Waals surface area contributed by atoms with Crippen molar-refractivity contribution in [2.24, 2.45) is 0 Å². The Morgan fingerprint density at radius 2 is 1.95 bits per heavy atom. The van der Waals surface area contributed by atoms with Crippen molar-refractivity contribution >= 4 is 17.6 Å². The lowest BCUT2D eigenvalue weighted by atomic mass is 10.1. The molecule has 0 saturated heterocycles. The molecule has 0 aliphatic heterocycles. The van der Waals surface area contributed by atoms with Crippen molar-refractivity contribution in [3.63, 3.8) is 0 Å². The molecule has 0 bridgehead atoms. The predicted molar refractivity (Wildman–Crippen MR) is 83.7 cm³/mol. The smallest absolute Gasteiger partial charge is 0.340 e. The van der Waals surface area contributed by atoms with Gasteiger partial charge in [0.15, 0.2) is 6.10 Å². The number of ether oxygens (including phenoxy) is 1. The van der Waals surface area contributed by atoms with Crippen LogP contribution in [0, 0.1) is 13.8 Å². The van der Waals surface area contributed by atoms with E-state index in [0.29, 0.717) is 11.3 Å². The van der Waals surface area contributed by atoms with Crippen LogP contribution in [-0.4, -0.2) is 23.0 Å². The Hall–Kier alpha value is -2.69. The number of anilines is 1. The number of aryl methyl sites for hydroxylation is 2. The van der Waals surface area contributed by atoms with Gasteiger partial charge < -0.3 is 10.1 Å². The van der Waals surface area contributed by atoms with Crippen molar-refractivity contribution in [1.29, 1.82) is 0 Å². The molecule has 0 spiro atoms. The van der Waals surface area contributed by atoms with Gasteiger partial charge in [0.2, 0.25) is 0 Å². The van der Waals surface area contributed by atoms with E-state index in [4.69, 9.17) is 4.74 Å². The van der Waals surface area contributed by atoms with Crippen LogP contribution in [0.2, 0.25) is 0 Å². The number of carbonyl (C=O) groups is 2. The van der Waals surface area contributed by atoms with Crippen molar-refractivity contribution in [3.05, 3.63) is 59.4 Å². The number of pyridine rings is 1. The van der Waals surface area contributed by atoms with Gasteiger partial charge in [-0.25, -0.2) is 4.79 Å². The predicted octanol–water partition coefficient (Wildman–Crippen LogP) is 2.88. The van der Waals surface area contributed by atoms with Crippen molar-refractivity contribution in [2.45, 2.75) is 26.9 Å². The van der Waals surface area contributed by atoms with Crippen molar-refractivity contribution < 1.29 is 14.3 Å². The largest absolute Gasteiger partial charge is 0.449 e. The Bertz CT molecular complexity index is 684. The van der Waals surface area contributed by atoms with E-state index >= 15 is 0 Å². The molecule has 114 valence electrons. The molecule has 5 heteroatoms. The van der Waals surface area contributed by atoms with Gasteiger partial charge in [0.1, 0.15) is 0 Å². The fraction of sp³-hybridized carbons (Fsp3) is 0.235. The first-order chi connectivity index (χ1) is 10.5. The Balaban J connectivity index is 1.97. The molecule has 0 fully saturated rings. The molecular formula is C17H18N2O3. The van der Waals surface area contributed by atoms with Crippen LogP contribution in [0.5, 0.6) is 0 Å². The fourth-order valence-corrected chi connectivity index (χ4v) is 1.83. The number of amides is 1. The third kappa shape index (κ3) is 3.91. The molecular weight excluding hydrogens is 280 g/mol. The van der Waals surface area contributed by atoms with Gasteiger partial charge >= 0.3 is 5.97 Å². The second-order valence-corrected chi connectivity index (χ2v) is 5.08. The minimum atomic E-state index is -0.894. The Kier molecular flexibility index (Phi) is 4.88. The lowest BCUT2D eigenvalue weighted by Gasteiger charge is -2.14. The van der Waals surface area contributed by atoms with Gasteiger partial charge in [0, 0.05) is 18.1 Å². The molecule has 1 amide bonds. The van der Waals surface area contributed by atoms with Crippen LogP contribution in [0.1, 0.15) is 28.4 Å². The van der Waals surface area contributed by atoms with E-state index in [2.05, 4.69) is 10.3 Å². The summed E-state index contributed by atoms with van der Waals surface area (Å²) in [5.41, 5.74) is 3.22. The Morgan fingerprint density at radius 3 is 2.59 bits per heavy atom. The van der Waals surface area contributed by atoms with E-state index in [1.165, 1.54) is 13.1 Å². The minimum Gasteiger partial charge on any atom is -0.449 e. The Labute approximate surface area is 129 Å². The minimum absolute atomic E-state index is 0.313. The zero-order chi connectivity index (χ0) is 16.1. The van der Waals surface area contributed by atoms with Crippen LogP contribution in [0.25, 0.3) is 0 Å². The highest BCUT2D eigenvalue weighted by Crippen LogP contribution is 2.15. The maximum Gasteiger partial charge on any atom is 0.340 e. The topological polar surface area (TPSA) is 68.3 Å². The lowest BCUT2D eigenvalue weighted by Crippen LogP contribution is -2.30. The van der Waals surface area contributed by atoms with Crippen molar-refractivity contribution in [1.82, 2.24) is 4.98 Å². The number of hydrogen-bond acceptors (Lipinski definition) is 4. The number of nitrogens with zero attached hydrogens (tertiary/aromatic N) is 1. The Morgan fingerprint density at radius 1 is 1.18 bits per heavy atom. The fourth-order valence-electron chi connectivity index (χ4n) is 1.83. The number of aromatic nitrogens is 1. The summed E-state index contributed by atoms with van der Waals surface area (Å²) in [5, 5.41) is 2.73. The average molecular weight is 298 g/mol. The molecule has 22 heavy (non-hydrogen) atoms. The number of benzene rings is 1. The number of carbonyl (C=O) groups excluding carboxylic acids is 2. The summed E-state index contributed by atoms with van der Waals surface area (Å²) in [6, 6.07) is 8.84. The monoisotopic (exact) mass is 298 g/mol. The standard InChI is InChI=1S/C17H18N2O3/c1-11-6-7-15(9-12(11)2)19-16(20)13(3)22-17(21)14-5-4-8-18-10-14/h4-10,13H,1-3H3,(H,19,20). The number of hydrogen-bond donors (Lipinski definition) is 1. The van der Waals surface area contributed by atoms with E-state index < -0.39 is 12.1 Å². The van der Waals surface area contributed by atoms with Gasteiger partial charge in [-0.2, -0.15) is 0 Å². The molecule has 0 aliphatic rings. The molecule has 5 nitrogen and oxygen atoms in total. The molecule has 1 atom stereocenters. The summed E-state index contributed by atoms with van der Waals surface area (Å²) in [5.74, 6) is -0.948. The third-order valence-electron chi connectivity index (χ3n) is 3.32. The van der Waals surface area contributed by atoms with E-state index in [1.54, 1.807) is 18.3 Å². The second-order valence-electron chi connectivity index (χ2n) is 5.08. The molecule has 1 N–H and O–H groups in total. The molecule has 1 unspecified atom stereocenters. The lowest BCUT2D eigenvalue weighted by molar-refractivity contribution is -0.123. The molecule has 0 aliphatic carbocycles. The molecule has 1 heterocycles. The molecule has 2 rings (SSSR count). The summed E-state index contributed by atoms with van der Waals surface area (Å²) in [6.45, 7) is 5.50. The highest BCUT2D eigenvalue weighted by molar-refractivity contribution is 5.97. The number of nitrogens with one attached hydrogen (secondary N) is 1. The van der Waals surface area contributed by atoms with Gasteiger partial charge in [-0.05, 0) is 56.2 Å². The van der Waals surface area contributed by atoms with Gasteiger partial charge in [0.05, 0.1) is 5.56 Å². The highest BCUT2D eigenvalue weighted by atomic mass is 16.5. The first-order valence-electron chi connectivity index (χ1n) is 6.96. The molecule has 1 aromatic carbocycles. The average Bonchev–Trinajstić information content (AvgIpc) is 2.51. The maximum atomic E-state index is 12.1. The zero-order valence-electron chi connectivity index (χ0n) is 12.8. The molecule has 2 aromatic rings. The maximum absolute atomic E-state index is 12.1. The summed E-state index contributed by atoms with van der Waals surface area (Å²) in [7, 11) is 0. The first-order valence-corrected chi connectivity index (χ1v) is 6.96. The highest BCUT2D eigenvalue weighted by Gasteiger charge is 2.19. The quantitative estimate of drug-likeness (QED) is 0.881. The molecule has 0 saturated carbocycles. The van der Waals surface area contributed by atoms with E-state index in [0.717, 1.165) is 11.1 Å². The van der Waals surface area contributed by atoms with Crippen LogP contribution in [-0.2, 0) is 9.53 Å². The van der Waals surface area contributed by atoms with Gasteiger partial charge in [-0.3, -0.25) is 9.78 Å². The van der Waals surface area contributed by atoms with Crippen LogP contribution in [0.15, 0.2) is 42.7 Å². The number of esters is 1.